The van der Waals surface area contributed by atoms with E-state index >= 15 is 0 Å². The smallest absolute Gasteiger partial charge is 0.134 e. The lowest BCUT2D eigenvalue weighted by molar-refractivity contribution is 0.483. The first-order valence-corrected chi connectivity index (χ1v) is 7.32. The van der Waals surface area contributed by atoms with Crippen LogP contribution in [0.2, 0.25) is 0 Å². The third-order valence-corrected chi connectivity index (χ3v) is 3.68. The molecule has 0 fully saturated rings. The van der Waals surface area contributed by atoms with Gasteiger partial charge in [-0.25, -0.2) is 0 Å². The molecule has 0 aliphatic heterocycles. The van der Waals surface area contributed by atoms with E-state index in [-0.39, 0.29) is 6.04 Å². The molecule has 2 N–H and O–H groups in total. The predicted octanol–water partition coefficient (Wildman–Crippen LogP) is 3.76. The number of nitrogens with zero attached hydrogens (tertiary/aromatic N) is 2. The number of nitrogens with two attached hydrogens (primary N) is 1. The van der Waals surface area contributed by atoms with E-state index in [4.69, 9.17) is 10.2 Å². The molecule has 0 bridgehead atoms. The van der Waals surface area contributed by atoms with E-state index in [0.29, 0.717) is 12.5 Å². The maximum Gasteiger partial charge on any atom is 0.134 e. The molecule has 3 aromatic rings. The number of hydrogen-bond acceptors (Lipinski definition) is 3. The van der Waals surface area contributed by atoms with Gasteiger partial charge in [-0.2, -0.15) is 5.10 Å². The van der Waals surface area contributed by atoms with Crippen molar-refractivity contribution in [1.82, 2.24) is 9.78 Å². The lowest BCUT2D eigenvalue weighted by Gasteiger charge is -2.07. The molecule has 0 radical (unpaired) electrons. The molecule has 0 amide bonds. The molecule has 0 spiro atoms. The van der Waals surface area contributed by atoms with Crippen molar-refractivity contribution >= 4 is 11.0 Å². The van der Waals surface area contributed by atoms with E-state index in [9.17, 15) is 0 Å². The molecule has 21 heavy (non-hydrogen) atoms. The van der Waals surface area contributed by atoms with Crippen LogP contribution in [0.5, 0.6) is 0 Å². The average Bonchev–Trinajstić information content (AvgIpc) is 3.04. The fourth-order valence-electron chi connectivity index (χ4n) is 2.47. The summed E-state index contributed by atoms with van der Waals surface area (Å²) in [7, 11) is 0. The molecule has 1 atom stereocenters. The maximum atomic E-state index is 6.27. The monoisotopic (exact) mass is 283 g/mol. The van der Waals surface area contributed by atoms with Gasteiger partial charge in [-0.1, -0.05) is 11.6 Å². The fraction of sp³-hybridized carbons (Fsp3) is 0.353. The van der Waals surface area contributed by atoms with Gasteiger partial charge in [-0.05, 0) is 45.0 Å². The van der Waals surface area contributed by atoms with E-state index in [1.165, 1.54) is 5.56 Å². The number of hydrogen-bond donors (Lipinski definition) is 1. The van der Waals surface area contributed by atoms with Crippen molar-refractivity contribution in [2.45, 2.75) is 39.3 Å². The number of aryl methyl sites for hydroxylation is 1. The Morgan fingerprint density at radius 3 is 2.76 bits per heavy atom. The lowest BCUT2D eigenvalue weighted by Crippen LogP contribution is -2.13. The Balaban J connectivity index is 1.80. The van der Waals surface area contributed by atoms with Gasteiger partial charge in [0, 0.05) is 24.0 Å². The minimum atomic E-state index is -0.173. The van der Waals surface area contributed by atoms with Gasteiger partial charge in [-0.15, -0.1) is 0 Å². The van der Waals surface area contributed by atoms with Crippen LogP contribution in [0, 0.1) is 6.92 Å². The molecule has 0 aliphatic rings. The Bertz CT molecular complexity index is 754. The van der Waals surface area contributed by atoms with E-state index < -0.39 is 0 Å². The van der Waals surface area contributed by atoms with Crippen molar-refractivity contribution in [2.24, 2.45) is 5.73 Å². The quantitative estimate of drug-likeness (QED) is 0.793. The van der Waals surface area contributed by atoms with E-state index in [1.54, 1.807) is 0 Å². The van der Waals surface area contributed by atoms with Crippen molar-refractivity contribution in [3.63, 3.8) is 0 Å². The van der Waals surface area contributed by atoms with Gasteiger partial charge in [0.25, 0.3) is 0 Å². The van der Waals surface area contributed by atoms with Crippen LogP contribution < -0.4 is 5.73 Å². The summed E-state index contributed by atoms with van der Waals surface area (Å²) in [5.74, 6) is 0.815. The summed E-state index contributed by atoms with van der Waals surface area (Å²) in [4.78, 5) is 0. The van der Waals surface area contributed by atoms with Crippen molar-refractivity contribution in [1.29, 1.82) is 0 Å². The summed E-state index contributed by atoms with van der Waals surface area (Å²) in [5, 5.41) is 5.64. The molecule has 4 nitrogen and oxygen atoms in total. The highest BCUT2D eigenvalue weighted by atomic mass is 16.3. The SMILES string of the molecule is Cc1ccc2oc(C(N)Cc3ccn(C(C)C)n3)cc2c1. The Hall–Kier alpha value is -2.07. The molecule has 110 valence electrons. The largest absolute Gasteiger partial charge is 0.459 e. The zero-order valence-electron chi connectivity index (χ0n) is 12.7. The number of rotatable bonds is 4. The molecule has 2 heterocycles. The summed E-state index contributed by atoms with van der Waals surface area (Å²) in [6.45, 7) is 6.29. The van der Waals surface area contributed by atoms with Gasteiger partial charge in [0.1, 0.15) is 11.3 Å². The predicted molar refractivity (Wildman–Crippen MR) is 84.2 cm³/mol. The van der Waals surface area contributed by atoms with E-state index in [2.05, 4.69) is 31.9 Å². The van der Waals surface area contributed by atoms with Crippen LogP contribution in [-0.4, -0.2) is 9.78 Å². The second kappa shape index (κ2) is 5.37. The van der Waals surface area contributed by atoms with Gasteiger partial charge in [0.15, 0.2) is 0 Å². The van der Waals surface area contributed by atoms with Crippen LogP contribution in [0.25, 0.3) is 11.0 Å². The van der Waals surface area contributed by atoms with E-state index in [1.807, 2.05) is 35.1 Å². The van der Waals surface area contributed by atoms with E-state index in [0.717, 1.165) is 22.4 Å². The lowest BCUT2D eigenvalue weighted by atomic mass is 10.1. The van der Waals surface area contributed by atoms with Gasteiger partial charge in [0.2, 0.25) is 0 Å². The highest BCUT2D eigenvalue weighted by Crippen LogP contribution is 2.25. The molecule has 0 saturated heterocycles. The number of furan rings is 1. The van der Waals surface area contributed by atoms with Gasteiger partial charge >= 0.3 is 0 Å². The van der Waals surface area contributed by atoms with Crippen molar-refractivity contribution in [3.8, 4) is 0 Å². The first kappa shape index (κ1) is 13.9. The topological polar surface area (TPSA) is 57.0 Å². The zero-order valence-corrected chi connectivity index (χ0v) is 12.7. The zero-order chi connectivity index (χ0) is 15.0. The summed E-state index contributed by atoms with van der Waals surface area (Å²) >= 11 is 0. The first-order chi connectivity index (χ1) is 10.0. The number of aromatic nitrogens is 2. The van der Waals surface area contributed by atoms with Gasteiger partial charge < -0.3 is 10.2 Å². The number of fused-ring (bicyclic) bond motifs is 1. The third-order valence-electron chi connectivity index (χ3n) is 3.68. The van der Waals surface area contributed by atoms with Crippen molar-refractivity contribution in [3.05, 3.63) is 53.5 Å². The van der Waals surface area contributed by atoms with Gasteiger partial charge in [0.05, 0.1) is 11.7 Å². The standard InChI is InChI=1S/C17H21N3O/c1-11(2)20-7-6-14(19-20)10-15(18)17-9-13-8-12(3)4-5-16(13)21-17/h4-9,11,15H,10,18H2,1-3H3. The van der Waals surface area contributed by atoms with Crippen LogP contribution >= 0.6 is 0 Å². The molecule has 1 aromatic carbocycles. The summed E-state index contributed by atoms with van der Waals surface area (Å²) in [5.41, 5.74) is 9.37. The van der Waals surface area contributed by atoms with Crippen molar-refractivity contribution in [2.75, 3.05) is 0 Å². The Kier molecular flexibility index (Phi) is 3.55. The van der Waals surface area contributed by atoms with Crippen LogP contribution in [0.4, 0.5) is 0 Å². The Labute approximate surface area is 124 Å². The summed E-state index contributed by atoms with van der Waals surface area (Å²) in [6, 6.07) is 10.4. The molecular formula is C17H21N3O. The van der Waals surface area contributed by atoms with Gasteiger partial charge in [-0.3, -0.25) is 4.68 Å². The third kappa shape index (κ3) is 2.85. The highest BCUT2D eigenvalue weighted by Gasteiger charge is 2.14. The van der Waals surface area contributed by atoms with Crippen LogP contribution in [0.3, 0.4) is 0 Å². The summed E-state index contributed by atoms with van der Waals surface area (Å²) in [6.07, 6.45) is 2.67. The van der Waals surface area contributed by atoms with Crippen LogP contribution in [-0.2, 0) is 6.42 Å². The van der Waals surface area contributed by atoms with Crippen LogP contribution in [0.1, 0.15) is 42.9 Å². The minimum Gasteiger partial charge on any atom is -0.459 e. The molecule has 3 rings (SSSR count). The highest BCUT2D eigenvalue weighted by molar-refractivity contribution is 5.78. The molecule has 1 unspecified atom stereocenters. The first-order valence-electron chi connectivity index (χ1n) is 7.32. The Morgan fingerprint density at radius 2 is 2.05 bits per heavy atom. The number of benzene rings is 1. The summed E-state index contributed by atoms with van der Waals surface area (Å²) < 4.78 is 7.80. The van der Waals surface area contributed by atoms with Crippen LogP contribution in [0.15, 0.2) is 40.9 Å². The maximum absolute atomic E-state index is 6.27. The molecule has 2 aromatic heterocycles. The Morgan fingerprint density at radius 1 is 1.24 bits per heavy atom. The molecular weight excluding hydrogens is 262 g/mol. The average molecular weight is 283 g/mol. The second-order valence-corrected chi connectivity index (χ2v) is 5.88. The molecule has 0 saturated carbocycles. The molecule has 4 heteroatoms. The second-order valence-electron chi connectivity index (χ2n) is 5.88. The fourth-order valence-corrected chi connectivity index (χ4v) is 2.47. The molecule has 0 aliphatic carbocycles. The van der Waals surface area contributed by atoms with Crippen molar-refractivity contribution < 1.29 is 4.42 Å². The normalized spacial score (nSPS) is 13.2. The minimum absolute atomic E-state index is 0.173.